The number of primary amides is 1. The molecule has 9 heteroatoms. The van der Waals surface area contributed by atoms with Crippen molar-refractivity contribution in [3.8, 4) is 6.07 Å². The number of amides is 1. The second kappa shape index (κ2) is 8.55. The van der Waals surface area contributed by atoms with Crippen LogP contribution in [0, 0.1) is 17.2 Å². The number of nitrogens with zero attached hydrogens (tertiary/aromatic N) is 3. The summed E-state index contributed by atoms with van der Waals surface area (Å²) in [6, 6.07) is 8.11. The third-order valence-electron chi connectivity index (χ3n) is 3.74. The van der Waals surface area contributed by atoms with Gasteiger partial charge in [0.2, 0.25) is 5.95 Å². The maximum absolute atomic E-state index is 11.6. The summed E-state index contributed by atoms with van der Waals surface area (Å²) in [4.78, 5) is 31.1. The monoisotopic (exact) mass is 353 g/mol. The van der Waals surface area contributed by atoms with Crippen LogP contribution in [-0.4, -0.2) is 34.7 Å². The molecule has 1 amide bonds. The van der Waals surface area contributed by atoms with Gasteiger partial charge in [-0.3, -0.25) is 4.79 Å². The lowest BCUT2D eigenvalue weighted by Gasteiger charge is -2.19. The molecule has 0 saturated carbocycles. The average Bonchev–Trinajstić information content (AvgIpc) is 2.65. The number of aromatic nitrogens is 2. The SMILES string of the molecule is CC(CN)C(C=O)Nc1ncc(C(N)=O)c(Nc2cccc(C#N)c2)n1. The fourth-order valence-electron chi connectivity index (χ4n) is 2.14. The van der Waals surface area contributed by atoms with Crippen LogP contribution in [0.15, 0.2) is 30.5 Å². The van der Waals surface area contributed by atoms with Crippen molar-refractivity contribution in [2.75, 3.05) is 17.2 Å². The maximum Gasteiger partial charge on any atom is 0.254 e. The van der Waals surface area contributed by atoms with Crippen LogP contribution < -0.4 is 22.1 Å². The molecule has 2 rings (SSSR count). The van der Waals surface area contributed by atoms with E-state index in [1.165, 1.54) is 6.20 Å². The highest BCUT2D eigenvalue weighted by Gasteiger charge is 2.18. The second-order valence-corrected chi connectivity index (χ2v) is 5.66. The van der Waals surface area contributed by atoms with E-state index in [2.05, 4.69) is 20.6 Å². The lowest BCUT2D eigenvalue weighted by atomic mass is 10.0. The summed E-state index contributed by atoms with van der Waals surface area (Å²) in [5, 5.41) is 14.8. The van der Waals surface area contributed by atoms with Gasteiger partial charge < -0.3 is 26.9 Å². The zero-order valence-electron chi connectivity index (χ0n) is 14.1. The number of nitrogens with two attached hydrogens (primary N) is 2. The third kappa shape index (κ3) is 4.52. The number of carbonyl (C=O) groups is 2. The molecule has 0 aliphatic rings. The smallest absolute Gasteiger partial charge is 0.254 e. The van der Waals surface area contributed by atoms with Crippen LogP contribution in [0.25, 0.3) is 0 Å². The van der Waals surface area contributed by atoms with E-state index in [1.54, 1.807) is 24.3 Å². The lowest BCUT2D eigenvalue weighted by Crippen LogP contribution is -2.34. The average molecular weight is 353 g/mol. The van der Waals surface area contributed by atoms with Crippen LogP contribution in [0.2, 0.25) is 0 Å². The Labute approximate surface area is 150 Å². The first-order valence-corrected chi connectivity index (χ1v) is 7.84. The molecule has 26 heavy (non-hydrogen) atoms. The van der Waals surface area contributed by atoms with E-state index >= 15 is 0 Å². The molecule has 0 fully saturated rings. The highest BCUT2D eigenvalue weighted by molar-refractivity contribution is 5.98. The summed E-state index contributed by atoms with van der Waals surface area (Å²) in [5.74, 6) is -0.533. The van der Waals surface area contributed by atoms with Gasteiger partial charge in [0.25, 0.3) is 5.91 Å². The number of hydrogen-bond acceptors (Lipinski definition) is 8. The van der Waals surface area contributed by atoms with Crippen molar-refractivity contribution in [2.24, 2.45) is 17.4 Å². The molecule has 1 aromatic heterocycles. The Morgan fingerprint density at radius 3 is 2.85 bits per heavy atom. The van der Waals surface area contributed by atoms with Crippen molar-refractivity contribution < 1.29 is 9.59 Å². The molecule has 9 nitrogen and oxygen atoms in total. The first-order valence-electron chi connectivity index (χ1n) is 7.84. The van der Waals surface area contributed by atoms with Gasteiger partial charge in [-0.25, -0.2) is 4.98 Å². The van der Waals surface area contributed by atoms with Crippen LogP contribution in [0.3, 0.4) is 0 Å². The van der Waals surface area contributed by atoms with E-state index in [0.717, 1.165) is 6.29 Å². The summed E-state index contributed by atoms with van der Waals surface area (Å²) in [6.07, 6.45) is 2.00. The van der Waals surface area contributed by atoms with Crippen molar-refractivity contribution >= 4 is 29.6 Å². The molecule has 0 radical (unpaired) electrons. The fourth-order valence-corrected chi connectivity index (χ4v) is 2.14. The topological polar surface area (TPSA) is 160 Å². The van der Waals surface area contributed by atoms with Crippen LogP contribution >= 0.6 is 0 Å². The zero-order valence-corrected chi connectivity index (χ0v) is 14.1. The minimum absolute atomic E-state index is 0.0763. The summed E-state index contributed by atoms with van der Waals surface area (Å²) in [5.41, 5.74) is 12.0. The van der Waals surface area contributed by atoms with E-state index in [-0.39, 0.29) is 23.2 Å². The molecule has 0 spiro atoms. The summed E-state index contributed by atoms with van der Waals surface area (Å²) in [6.45, 7) is 2.12. The Morgan fingerprint density at radius 1 is 1.46 bits per heavy atom. The van der Waals surface area contributed by atoms with Crippen LogP contribution in [0.4, 0.5) is 17.5 Å². The fraction of sp³-hybridized carbons (Fsp3) is 0.235. The number of hydrogen-bond donors (Lipinski definition) is 4. The number of nitrogens with one attached hydrogen (secondary N) is 2. The van der Waals surface area contributed by atoms with E-state index in [9.17, 15) is 9.59 Å². The van der Waals surface area contributed by atoms with Crippen molar-refractivity contribution in [1.29, 1.82) is 5.26 Å². The largest absolute Gasteiger partial charge is 0.365 e. The molecular weight excluding hydrogens is 334 g/mol. The van der Waals surface area contributed by atoms with Gasteiger partial charge in [-0.15, -0.1) is 0 Å². The minimum atomic E-state index is -0.710. The van der Waals surface area contributed by atoms with Gasteiger partial charge in [-0.2, -0.15) is 10.2 Å². The summed E-state index contributed by atoms with van der Waals surface area (Å²) >= 11 is 0. The predicted octanol–water partition coefficient (Wildman–Crippen LogP) is 0.765. The Balaban J connectivity index is 2.34. The molecule has 1 heterocycles. The van der Waals surface area contributed by atoms with E-state index in [0.29, 0.717) is 17.8 Å². The number of benzene rings is 1. The maximum atomic E-state index is 11.6. The van der Waals surface area contributed by atoms with E-state index in [4.69, 9.17) is 16.7 Å². The van der Waals surface area contributed by atoms with Gasteiger partial charge in [0.15, 0.2) is 0 Å². The molecule has 0 saturated heterocycles. The zero-order chi connectivity index (χ0) is 19.1. The molecule has 1 aromatic carbocycles. The number of rotatable bonds is 8. The van der Waals surface area contributed by atoms with Gasteiger partial charge in [-0.05, 0) is 30.7 Å². The third-order valence-corrected chi connectivity index (χ3v) is 3.74. The quantitative estimate of drug-likeness (QED) is 0.506. The molecule has 0 aliphatic carbocycles. The van der Waals surface area contributed by atoms with Gasteiger partial charge in [-0.1, -0.05) is 13.0 Å². The number of anilines is 3. The normalized spacial score (nSPS) is 12.5. The highest BCUT2D eigenvalue weighted by Crippen LogP contribution is 2.21. The Bertz CT molecular complexity index is 847. The molecule has 134 valence electrons. The van der Waals surface area contributed by atoms with Crippen molar-refractivity contribution in [3.05, 3.63) is 41.6 Å². The first-order chi connectivity index (χ1) is 12.5. The molecule has 0 aliphatic heterocycles. The van der Waals surface area contributed by atoms with Gasteiger partial charge in [0, 0.05) is 11.9 Å². The van der Waals surface area contributed by atoms with E-state index < -0.39 is 11.9 Å². The van der Waals surface area contributed by atoms with Crippen LogP contribution in [0.5, 0.6) is 0 Å². The predicted molar refractivity (Wildman–Crippen MR) is 96.7 cm³/mol. The Hall–Kier alpha value is -3.51. The molecule has 2 unspecified atom stereocenters. The number of aldehydes is 1. The summed E-state index contributed by atoms with van der Waals surface area (Å²) in [7, 11) is 0. The lowest BCUT2D eigenvalue weighted by molar-refractivity contribution is -0.109. The summed E-state index contributed by atoms with van der Waals surface area (Å²) < 4.78 is 0. The number of carbonyl (C=O) groups excluding carboxylic acids is 2. The molecule has 2 atom stereocenters. The Kier molecular flexibility index (Phi) is 6.19. The number of nitriles is 1. The molecular formula is C17H19N7O2. The molecule has 2 aromatic rings. The van der Waals surface area contributed by atoms with Crippen molar-refractivity contribution in [3.63, 3.8) is 0 Å². The highest BCUT2D eigenvalue weighted by atomic mass is 16.1. The first kappa shape index (κ1) is 18.8. The molecule has 6 N–H and O–H groups in total. The van der Waals surface area contributed by atoms with Gasteiger partial charge in [0.1, 0.15) is 17.7 Å². The van der Waals surface area contributed by atoms with Crippen molar-refractivity contribution in [1.82, 2.24) is 9.97 Å². The van der Waals surface area contributed by atoms with Crippen molar-refractivity contribution in [2.45, 2.75) is 13.0 Å². The van der Waals surface area contributed by atoms with E-state index in [1.807, 2.05) is 13.0 Å². The second-order valence-electron chi connectivity index (χ2n) is 5.66. The Morgan fingerprint density at radius 2 is 2.23 bits per heavy atom. The van der Waals surface area contributed by atoms with Gasteiger partial charge in [0.05, 0.1) is 17.7 Å². The van der Waals surface area contributed by atoms with Crippen LogP contribution in [0.1, 0.15) is 22.8 Å². The standard InChI is InChI=1S/C17H19N7O2/c1-10(6-18)14(9-25)23-17-21-8-13(15(20)26)16(24-17)22-12-4-2-3-11(5-12)7-19/h2-5,8-10,14H,6,18H2,1H3,(H2,20,26)(H2,21,22,23,24). The minimum Gasteiger partial charge on any atom is -0.365 e. The van der Waals surface area contributed by atoms with Crippen LogP contribution in [-0.2, 0) is 4.79 Å². The molecule has 0 bridgehead atoms. The van der Waals surface area contributed by atoms with Gasteiger partial charge >= 0.3 is 0 Å².